The minimum absolute atomic E-state index is 0.103. The van der Waals surface area contributed by atoms with E-state index in [9.17, 15) is 0 Å². The molecule has 0 aliphatic rings. The molecule has 0 saturated carbocycles. The average Bonchev–Trinajstić information content (AvgIpc) is 2.44. The number of aromatic nitrogens is 2. The Hall–Kier alpha value is -1.45. The van der Waals surface area contributed by atoms with Crippen LogP contribution in [0.1, 0.15) is 39.6 Å². The van der Waals surface area contributed by atoms with Crippen LogP contribution in [0.5, 0.6) is 0 Å². The van der Waals surface area contributed by atoms with Gasteiger partial charge in [0.2, 0.25) is 0 Å². The topological polar surface area (TPSA) is 35.0 Å². The van der Waals surface area contributed by atoms with Gasteiger partial charge >= 0.3 is 0 Å². The number of nitrogens with zero attached hydrogens (tertiary/aromatic N) is 2. The van der Waals surface area contributed by atoms with E-state index in [0.29, 0.717) is 17.6 Å². The quantitative estimate of drug-likeness (QED) is 0.752. The number of halogens is 1. The van der Waals surface area contributed by atoms with Gasteiger partial charge in [0.05, 0.1) is 5.69 Å². The molecular weight excluding hydrogens is 284 g/mol. The maximum absolute atomic E-state index is 6.19. The minimum atomic E-state index is -0.191. The van der Waals surface area contributed by atoms with Crippen molar-refractivity contribution in [2.45, 2.75) is 33.8 Å². The van der Waals surface area contributed by atoms with Crippen LogP contribution in [0.15, 0.2) is 36.4 Å². The Balaban J connectivity index is 2.47. The van der Waals surface area contributed by atoms with E-state index < -0.39 is 0 Å². The molecular formula is C17H21ClN2O. The molecule has 2 rings (SSSR count). The van der Waals surface area contributed by atoms with E-state index in [4.69, 9.17) is 16.3 Å². The molecule has 112 valence electrons. The second kappa shape index (κ2) is 6.54. The number of hydrogen-bond donors (Lipinski definition) is 0. The van der Waals surface area contributed by atoms with Crippen molar-refractivity contribution in [3.05, 3.63) is 47.4 Å². The first-order valence-electron chi connectivity index (χ1n) is 7.13. The summed E-state index contributed by atoms with van der Waals surface area (Å²) in [7, 11) is 0. The number of benzene rings is 1. The third kappa shape index (κ3) is 4.02. The molecule has 1 aromatic carbocycles. The fourth-order valence-corrected chi connectivity index (χ4v) is 2.38. The lowest BCUT2D eigenvalue weighted by Gasteiger charge is -2.29. The first kappa shape index (κ1) is 15.9. The molecule has 2 aromatic rings. The fraction of sp³-hybridized carbons (Fsp3) is 0.412. The highest BCUT2D eigenvalue weighted by Crippen LogP contribution is 2.35. The second-order valence-corrected chi connectivity index (χ2v) is 6.39. The Morgan fingerprint density at radius 3 is 2.38 bits per heavy atom. The molecule has 1 atom stereocenters. The van der Waals surface area contributed by atoms with Crippen LogP contribution in [0.25, 0.3) is 11.3 Å². The monoisotopic (exact) mass is 304 g/mol. The lowest BCUT2D eigenvalue weighted by atomic mass is 9.88. The molecule has 0 saturated heterocycles. The Kier molecular flexibility index (Phi) is 4.96. The third-order valence-electron chi connectivity index (χ3n) is 3.14. The molecule has 3 nitrogen and oxygen atoms in total. The third-order valence-corrected chi connectivity index (χ3v) is 3.33. The summed E-state index contributed by atoms with van der Waals surface area (Å²) >= 11 is 6.19. The summed E-state index contributed by atoms with van der Waals surface area (Å²) < 4.78 is 5.85. The Morgan fingerprint density at radius 1 is 1.14 bits per heavy atom. The average molecular weight is 305 g/mol. The van der Waals surface area contributed by atoms with Crippen molar-refractivity contribution in [2.24, 2.45) is 5.41 Å². The highest BCUT2D eigenvalue weighted by molar-refractivity contribution is 6.29. The maximum Gasteiger partial charge on any atom is 0.160 e. The molecule has 0 radical (unpaired) electrons. The van der Waals surface area contributed by atoms with E-state index in [0.717, 1.165) is 11.3 Å². The zero-order valence-corrected chi connectivity index (χ0v) is 13.7. The summed E-state index contributed by atoms with van der Waals surface area (Å²) in [5.74, 6) is 0.635. The van der Waals surface area contributed by atoms with E-state index in [-0.39, 0.29) is 11.5 Å². The van der Waals surface area contributed by atoms with E-state index in [1.165, 1.54) is 0 Å². The predicted octanol–water partition coefficient (Wildman–Crippen LogP) is 4.92. The van der Waals surface area contributed by atoms with E-state index in [1.54, 1.807) is 6.07 Å². The lowest BCUT2D eigenvalue weighted by Crippen LogP contribution is -2.23. The minimum Gasteiger partial charge on any atom is -0.370 e. The summed E-state index contributed by atoms with van der Waals surface area (Å²) in [5, 5.41) is 0.438. The molecule has 0 aliphatic carbocycles. The van der Waals surface area contributed by atoms with Gasteiger partial charge in [-0.2, -0.15) is 0 Å². The molecule has 0 spiro atoms. The molecule has 0 amide bonds. The smallest absolute Gasteiger partial charge is 0.160 e. The first-order chi connectivity index (χ1) is 9.91. The summed E-state index contributed by atoms with van der Waals surface area (Å²) in [6, 6.07) is 11.7. The SMILES string of the molecule is CCOC(c1nc(Cl)cc(-c2ccccc2)n1)C(C)(C)C. The molecule has 0 bridgehead atoms. The highest BCUT2D eigenvalue weighted by atomic mass is 35.5. The van der Waals surface area contributed by atoms with Crippen molar-refractivity contribution in [1.82, 2.24) is 9.97 Å². The van der Waals surface area contributed by atoms with Crippen LogP contribution in [0, 0.1) is 5.41 Å². The largest absolute Gasteiger partial charge is 0.370 e. The molecule has 1 aromatic heterocycles. The summed E-state index contributed by atoms with van der Waals surface area (Å²) in [6.07, 6.45) is -0.191. The van der Waals surface area contributed by atoms with Crippen LogP contribution in [0.4, 0.5) is 0 Å². The molecule has 0 N–H and O–H groups in total. The zero-order valence-electron chi connectivity index (χ0n) is 12.9. The second-order valence-electron chi connectivity index (χ2n) is 6.00. The molecule has 1 heterocycles. The standard InChI is InChI=1S/C17H21ClN2O/c1-5-21-15(17(2,3)4)16-19-13(11-14(18)20-16)12-9-7-6-8-10-12/h6-11,15H,5H2,1-4H3. The molecule has 0 aliphatic heterocycles. The van der Waals surface area contributed by atoms with Crippen LogP contribution in [-0.4, -0.2) is 16.6 Å². The van der Waals surface area contributed by atoms with Crippen molar-refractivity contribution in [1.29, 1.82) is 0 Å². The van der Waals surface area contributed by atoms with Crippen molar-refractivity contribution < 1.29 is 4.74 Å². The number of rotatable bonds is 4. The Morgan fingerprint density at radius 2 is 1.81 bits per heavy atom. The Bertz CT molecular complexity index is 593. The van der Waals surface area contributed by atoms with Crippen LogP contribution in [0.2, 0.25) is 5.15 Å². The molecule has 21 heavy (non-hydrogen) atoms. The van der Waals surface area contributed by atoms with Gasteiger partial charge in [-0.25, -0.2) is 9.97 Å². The number of ether oxygens (including phenoxy) is 1. The summed E-state index contributed by atoms with van der Waals surface area (Å²) in [6.45, 7) is 8.92. The highest BCUT2D eigenvalue weighted by Gasteiger charge is 2.30. The maximum atomic E-state index is 6.19. The van der Waals surface area contributed by atoms with Gasteiger partial charge in [-0.15, -0.1) is 0 Å². The lowest BCUT2D eigenvalue weighted by molar-refractivity contribution is -0.0190. The van der Waals surface area contributed by atoms with Crippen LogP contribution in [0.3, 0.4) is 0 Å². The van der Waals surface area contributed by atoms with Crippen molar-refractivity contribution in [3.63, 3.8) is 0 Å². The predicted molar refractivity (Wildman–Crippen MR) is 86.3 cm³/mol. The normalized spacial score (nSPS) is 13.2. The molecule has 4 heteroatoms. The van der Waals surface area contributed by atoms with Gasteiger partial charge in [-0.05, 0) is 12.3 Å². The van der Waals surface area contributed by atoms with E-state index in [1.807, 2.05) is 37.3 Å². The molecule has 1 unspecified atom stereocenters. The molecule has 0 fully saturated rings. The van der Waals surface area contributed by atoms with Gasteiger partial charge in [-0.3, -0.25) is 0 Å². The van der Waals surface area contributed by atoms with Gasteiger partial charge in [0.25, 0.3) is 0 Å². The number of hydrogen-bond acceptors (Lipinski definition) is 3. The zero-order chi connectivity index (χ0) is 15.5. The van der Waals surface area contributed by atoms with Gasteiger partial charge in [0.1, 0.15) is 11.3 Å². The van der Waals surface area contributed by atoms with Gasteiger partial charge in [0, 0.05) is 18.2 Å². The Labute approximate surface area is 131 Å². The van der Waals surface area contributed by atoms with Crippen molar-refractivity contribution in [2.75, 3.05) is 6.61 Å². The fourth-order valence-electron chi connectivity index (χ4n) is 2.19. The van der Waals surface area contributed by atoms with E-state index >= 15 is 0 Å². The summed E-state index contributed by atoms with van der Waals surface area (Å²) in [5.41, 5.74) is 1.74. The van der Waals surface area contributed by atoms with Gasteiger partial charge < -0.3 is 4.74 Å². The van der Waals surface area contributed by atoms with Crippen molar-refractivity contribution in [3.8, 4) is 11.3 Å². The summed E-state index contributed by atoms with van der Waals surface area (Å²) in [4.78, 5) is 9.04. The van der Waals surface area contributed by atoms with Gasteiger partial charge in [-0.1, -0.05) is 62.7 Å². The van der Waals surface area contributed by atoms with Gasteiger partial charge in [0.15, 0.2) is 5.82 Å². The van der Waals surface area contributed by atoms with E-state index in [2.05, 4.69) is 30.7 Å². The van der Waals surface area contributed by atoms with Crippen LogP contribution >= 0.6 is 11.6 Å². The van der Waals surface area contributed by atoms with Crippen LogP contribution < -0.4 is 0 Å². The van der Waals surface area contributed by atoms with Crippen LogP contribution in [-0.2, 0) is 4.74 Å². The van der Waals surface area contributed by atoms with Crippen molar-refractivity contribution >= 4 is 11.6 Å². The first-order valence-corrected chi connectivity index (χ1v) is 7.51.